The van der Waals surface area contributed by atoms with Gasteiger partial charge in [-0.3, -0.25) is 4.79 Å². The number of imidazole rings is 1. The van der Waals surface area contributed by atoms with Gasteiger partial charge in [0.15, 0.2) is 0 Å². The van der Waals surface area contributed by atoms with E-state index in [1.54, 1.807) is 12.1 Å². The Balaban J connectivity index is 1.45. The summed E-state index contributed by atoms with van der Waals surface area (Å²) in [4.78, 5) is 30.2. The Morgan fingerprint density at radius 2 is 1.74 bits per heavy atom. The Morgan fingerprint density at radius 3 is 2.42 bits per heavy atom. The van der Waals surface area contributed by atoms with Crippen LogP contribution in [0.2, 0.25) is 5.02 Å². The summed E-state index contributed by atoms with van der Waals surface area (Å²) < 4.78 is 2.18. The molecule has 5 aromatic rings. The fourth-order valence-corrected chi connectivity index (χ4v) is 5.80. The molecule has 0 saturated carbocycles. The van der Waals surface area contributed by atoms with Crippen LogP contribution in [0.1, 0.15) is 56.6 Å². The molecule has 43 heavy (non-hydrogen) atoms. The molecule has 0 radical (unpaired) electrons. The molecule has 0 aliphatic rings. The van der Waals surface area contributed by atoms with Crippen LogP contribution in [0.25, 0.3) is 22.2 Å². The highest BCUT2D eigenvalue weighted by Gasteiger charge is 2.19. The van der Waals surface area contributed by atoms with Crippen molar-refractivity contribution in [3.63, 3.8) is 0 Å². The molecule has 0 saturated heterocycles. The van der Waals surface area contributed by atoms with E-state index in [9.17, 15) is 14.7 Å². The number of aromatic carboxylic acids is 1. The number of nitrogens with one attached hydrogen (secondary N) is 1. The summed E-state index contributed by atoms with van der Waals surface area (Å²) in [5.41, 5.74) is 7.06. The van der Waals surface area contributed by atoms with E-state index >= 15 is 0 Å². The second kappa shape index (κ2) is 13.5. The first-order chi connectivity index (χ1) is 20.8. The lowest BCUT2D eigenvalue weighted by atomic mass is 9.98. The lowest BCUT2D eigenvalue weighted by Crippen LogP contribution is -2.37. The molecule has 0 aliphatic heterocycles. The molecule has 0 unspecified atom stereocenters. The number of rotatable bonds is 11. The first-order valence-corrected chi connectivity index (χ1v) is 15.4. The van der Waals surface area contributed by atoms with Gasteiger partial charge in [0.25, 0.3) is 5.91 Å². The third-order valence-corrected chi connectivity index (χ3v) is 8.23. The largest absolute Gasteiger partial charge is 0.478 e. The van der Waals surface area contributed by atoms with E-state index in [-0.39, 0.29) is 17.5 Å². The number of carboxylic acid groups (broad SMARTS) is 1. The van der Waals surface area contributed by atoms with Gasteiger partial charge in [-0.1, -0.05) is 73.1 Å². The Kier molecular flexibility index (Phi) is 9.53. The second-order valence-corrected chi connectivity index (χ2v) is 11.6. The van der Waals surface area contributed by atoms with Gasteiger partial charge in [0.1, 0.15) is 5.82 Å². The summed E-state index contributed by atoms with van der Waals surface area (Å²) in [5.74, 6) is 0.354. The highest BCUT2D eigenvalue weighted by atomic mass is 35.5. The number of carboxylic acids is 1. The molecule has 2 N–H and O–H groups in total. The summed E-state index contributed by atoms with van der Waals surface area (Å²) in [6.45, 7) is 4.68. The molecule has 0 aliphatic carbocycles. The molecule has 1 atom stereocenters. The zero-order valence-electron chi connectivity index (χ0n) is 24.2. The van der Waals surface area contributed by atoms with Gasteiger partial charge in [0, 0.05) is 35.3 Å². The lowest BCUT2D eigenvalue weighted by molar-refractivity contribution is 0.0697. The number of aryl methyl sites for hydroxylation is 2. The Labute approximate surface area is 262 Å². The van der Waals surface area contributed by atoms with E-state index in [0.29, 0.717) is 34.9 Å². The minimum absolute atomic E-state index is 0.102. The molecule has 0 spiro atoms. The van der Waals surface area contributed by atoms with Crippen molar-refractivity contribution in [2.75, 3.05) is 5.75 Å². The predicted octanol–water partition coefficient (Wildman–Crippen LogP) is 7.64. The normalized spacial score (nSPS) is 11.9. The quantitative estimate of drug-likeness (QED) is 0.134. The van der Waals surface area contributed by atoms with Crippen LogP contribution in [-0.2, 0) is 19.4 Å². The average molecular weight is 612 g/mol. The fourth-order valence-electron chi connectivity index (χ4n) is 5.41. The Bertz CT molecular complexity index is 1770. The van der Waals surface area contributed by atoms with Gasteiger partial charge in [-0.15, -0.1) is 0 Å². The summed E-state index contributed by atoms with van der Waals surface area (Å²) in [7, 11) is 0. The standard InChI is InChI=1S/C35H34ClN3O3S/c1-3-7-32-38-33-22(2)16-26(34(40)37-28(21-43)17-23-8-5-4-6-9-23)18-31(33)39(32)20-24-10-12-25(13-11-24)30-19-27(36)14-15-29(30)35(41)42/h4-6,8-16,18-19,28,43H,3,7,17,20-21H2,1-2H3,(H,37,40)(H,41,42)/t28-/m1/s1. The second-order valence-electron chi connectivity index (χ2n) is 10.8. The van der Waals surface area contributed by atoms with Crippen molar-refractivity contribution in [2.45, 2.75) is 45.7 Å². The monoisotopic (exact) mass is 611 g/mol. The van der Waals surface area contributed by atoms with Gasteiger partial charge in [-0.05, 0) is 77.9 Å². The summed E-state index contributed by atoms with van der Waals surface area (Å²) in [5, 5.41) is 13.3. The molecule has 1 amide bonds. The predicted molar refractivity (Wildman–Crippen MR) is 177 cm³/mol. The third-order valence-electron chi connectivity index (χ3n) is 7.56. The molecular formula is C35H34ClN3O3S. The number of halogens is 1. The summed E-state index contributed by atoms with van der Waals surface area (Å²) >= 11 is 10.7. The number of nitrogens with zero attached hydrogens (tertiary/aromatic N) is 2. The number of hydrogen-bond donors (Lipinski definition) is 3. The van der Waals surface area contributed by atoms with Crippen LogP contribution in [0, 0.1) is 6.92 Å². The first-order valence-electron chi connectivity index (χ1n) is 14.3. The van der Waals surface area contributed by atoms with Crippen molar-refractivity contribution in [3.05, 3.63) is 124 Å². The van der Waals surface area contributed by atoms with E-state index in [2.05, 4.69) is 41.6 Å². The molecule has 5 rings (SSSR count). The van der Waals surface area contributed by atoms with Crippen molar-refractivity contribution in [2.24, 2.45) is 0 Å². The minimum atomic E-state index is -0.999. The van der Waals surface area contributed by atoms with Gasteiger partial charge < -0.3 is 15.0 Å². The number of carbonyl (C=O) groups excluding carboxylic acids is 1. The minimum Gasteiger partial charge on any atom is -0.478 e. The van der Waals surface area contributed by atoms with Crippen LogP contribution in [0.5, 0.6) is 0 Å². The highest BCUT2D eigenvalue weighted by molar-refractivity contribution is 7.80. The summed E-state index contributed by atoms with van der Waals surface area (Å²) in [6, 6.07) is 26.4. The van der Waals surface area contributed by atoms with Gasteiger partial charge in [-0.25, -0.2) is 9.78 Å². The van der Waals surface area contributed by atoms with Gasteiger partial charge in [0.05, 0.1) is 16.6 Å². The molecule has 0 fully saturated rings. The van der Waals surface area contributed by atoms with E-state index in [4.69, 9.17) is 16.6 Å². The number of hydrogen-bond acceptors (Lipinski definition) is 4. The zero-order chi connectivity index (χ0) is 30.5. The van der Waals surface area contributed by atoms with E-state index in [1.807, 2.05) is 61.5 Å². The van der Waals surface area contributed by atoms with Crippen molar-refractivity contribution in [3.8, 4) is 11.1 Å². The van der Waals surface area contributed by atoms with Gasteiger partial charge >= 0.3 is 5.97 Å². The molecule has 220 valence electrons. The maximum Gasteiger partial charge on any atom is 0.336 e. The number of thiol groups is 1. The van der Waals surface area contributed by atoms with Crippen molar-refractivity contribution < 1.29 is 14.7 Å². The van der Waals surface area contributed by atoms with Crippen molar-refractivity contribution >= 4 is 47.1 Å². The van der Waals surface area contributed by atoms with Crippen molar-refractivity contribution in [1.29, 1.82) is 0 Å². The summed E-state index contributed by atoms with van der Waals surface area (Å²) in [6.07, 6.45) is 2.44. The zero-order valence-corrected chi connectivity index (χ0v) is 25.8. The smallest absolute Gasteiger partial charge is 0.336 e. The van der Waals surface area contributed by atoms with Crippen molar-refractivity contribution in [1.82, 2.24) is 14.9 Å². The first kappa shape index (κ1) is 30.4. The molecule has 6 nitrogen and oxygen atoms in total. The number of amides is 1. The van der Waals surface area contributed by atoms with Gasteiger partial charge in [0.2, 0.25) is 0 Å². The molecule has 1 heterocycles. The van der Waals surface area contributed by atoms with E-state index in [1.165, 1.54) is 6.07 Å². The van der Waals surface area contributed by atoms with Crippen LogP contribution in [0.15, 0.2) is 84.9 Å². The van der Waals surface area contributed by atoms with Crippen LogP contribution >= 0.6 is 24.2 Å². The molecule has 0 bridgehead atoms. The SMILES string of the molecule is CCCc1nc2c(C)cc(C(=O)N[C@@H](CS)Cc3ccccc3)cc2n1Cc1ccc(-c2cc(Cl)ccc2C(=O)O)cc1. The molecular weight excluding hydrogens is 578 g/mol. The van der Waals surface area contributed by atoms with Crippen LogP contribution in [0.3, 0.4) is 0 Å². The fraction of sp³-hybridized carbons (Fsp3) is 0.229. The lowest BCUT2D eigenvalue weighted by Gasteiger charge is -2.17. The number of aromatic nitrogens is 2. The van der Waals surface area contributed by atoms with Crippen LogP contribution < -0.4 is 5.32 Å². The van der Waals surface area contributed by atoms with E-state index < -0.39 is 5.97 Å². The third kappa shape index (κ3) is 6.95. The maximum absolute atomic E-state index is 13.4. The van der Waals surface area contributed by atoms with Gasteiger partial charge in [-0.2, -0.15) is 12.6 Å². The Hall–Kier alpha value is -4.07. The average Bonchev–Trinajstić information content (AvgIpc) is 3.34. The topological polar surface area (TPSA) is 84.2 Å². The van der Waals surface area contributed by atoms with Crippen LogP contribution in [0.4, 0.5) is 0 Å². The highest BCUT2D eigenvalue weighted by Crippen LogP contribution is 2.29. The van der Waals surface area contributed by atoms with E-state index in [0.717, 1.165) is 52.0 Å². The number of fused-ring (bicyclic) bond motifs is 1. The Morgan fingerprint density at radius 1 is 1.00 bits per heavy atom. The van der Waals surface area contributed by atoms with Crippen LogP contribution in [-0.4, -0.2) is 38.3 Å². The maximum atomic E-state index is 13.4. The number of benzene rings is 4. The number of carbonyl (C=O) groups is 2. The molecule has 1 aromatic heterocycles. The molecule has 8 heteroatoms. The molecule has 4 aromatic carbocycles.